The number of nitrogens with two attached hydrogens (primary N) is 1. The van der Waals surface area contributed by atoms with Crippen molar-refractivity contribution in [1.82, 2.24) is 0 Å². The first-order valence-corrected chi connectivity index (χ1v) is 4.12. The number of carbonyl (C=O) groups is 1. The molecule has 4 heteroatoms. The summed E-state index contributed by atoms with van der Waals surface area (Å²) in [6.45, 7) is 4.76. The maximum atomic E-state index is 10.5. The Kier molecular flexibility index (Phi) is 5.66. The minimum atomic E-state index is -0.930. The van der Waals surface area contributed by atoms with Crippen molar-refractivity contribution in [3.63, 3.8) is 0 Å². The van der Waals surface area contributed by atoms with E-state index in [0.29, 0.717) is 25.5 Å². The van der Waals surface area contributed by atoms with Crippen LogP contribution < -0.4 is 5.73 Å². The average molecular weight is 175 g/mol. The number of ether oxygens (including phenoxy) is 1. The van der Waals surface area contributed by atoms with Crippen LogP contribution in [0.3, 0.4) is 0 Å². The number of hydrogen-bond acceptors (Lipinski definition) is 3. The Labute approximate surface area is 72.7 Å². The molecule has 1 unspecified atom stereocenters. The molecule has 0 radical (unpaired) electrons. The van der Waals surface area contributed by atoms with E-state index in [-0.39, 0.29) is 0 Å². The van der Waals surface area contributed by atoms with Crippen molar-refractivity contribution in [2.24, 2.45) is 11.7 Å². The lowest BCUT2D eigenvalue weighted by molar-refractivity contribution is -0.151. The van der Waals surface area contributed by atoms with Crippen LogP contribution in [0.5, 0.6) is 0 Å². The minimum Gasteiger partial charge on any atom is -0.479 e. The molecule has 0 heterocycles. The van der Waals surface area contributed by atoms with Gasteiger partial charge in [-0.1, -0.05) is 13.8 Å². The first-order valence-electron chi connectivity index (χ1n) is 4.12. The largest absolute Gasteiger partial charge is 0.479 e. The van der Waals surface area contributed by atoms with Gasteiger partial charge in [-0.25, -0.2) is 4.79 Å². The summed E-state index contributed by atoms with van der Waals surface area (Å²) >= 11 is 0. The third-order valence-corrected chi connectivity index (χ3v) is 1.34. The van der Waals surface area contributed by atoms with E-state index in [0.717, 1.165) is 0 Å². The predicted molar refractivity (Wildman–Crippen MR) is 45.9 cm³/mol. The van der Waals surface area contributed by atoms with Crippen molar-refractivity contribution in [3.05, 3.63) is 0 Å². The molecule has 0 aromatic heterocycles. The Morgan fingerprint density at radius 3 is 2.50 bits per heavy atom. The van der Waals surface area contributed by atoms with E-state index in [1.807, 2.05) is 13.8 Å². The van der Waals surface area contributed by atoms with Gasteiger partial charge in [-0.3, -0.25) is 0 Å². The van der Waals surface area contributed by atoms with Crippen LogP contribution in [-0.2, 0) is 9.53 Å². The average Bonchev–Trinajstić information content (AvgIpc) is 1.96. The first kappa shape index (κ1) is 11.4. The molecule has 0 aromatic rings. The topological polar surface area (TPSA) is 72.5 Å². The van der Waals surface area contributed by atoms with Crippen LogP contribution >= 0.6 is 0 Å². The second kappa shape index (κ2) is 5.97. The van der Waals surface area contributed by atoms with Crippen molar-refractivity contribution in [1.29, 1.82) is 0 Å². The highest BCUT2D eigenvalue weighted by Crippen LogP contribution is 2.01. The van der Waals surface area contributed by atoms with Gasteiger partial charge in [0.2, 0.25) is 0 Å². The Morgan fingerprint density at radius 1 is 1.58 bits per heavy atom. The molecule has 0 aliphatic heterocycles. The summed E-state index contributed by atoms with van der Waals surface area (Å²) in [5.74, 6) is -0.578. The molecule has 0 saturated heterocycles. The highest BCUT2D eigenvalue weighted by Gasteiger charge is 2.16. The van der Waals surface area contributed by atoms with E-state index < -0.39 is 12.1 Å². The molecular weight excluding hydrogens is 158 g/mol. The highest BCUT2D eigenvalue weighted by molar-refractivity contribution is 5.72. The lowest BCUT2D eigenvalue weighted by atomic mass is 10.2. The second-order valence-corrected chi connectivity index (χ2v) is 3.13. The Balaban J connectivity index is 3.71. The van der Waals surface area contributed by atoms with Gasteiger partial charge in [0.1, 0.15) is 0 Å². The zero-order chi connectivity index (χ0) is 9.56. The van der Waals surface area contributed by atoms with E-state index in [1.165, 1.54) is 0 Å². The predicted octanol–water partition coefficient (Wildman–Crippen LogP) is 0.461. The summed E-state index contributed by atoms with van der Waals surface area (Å²) in [4.78, 5) is 10.5. The van der Waals surface area contributed by atoms with Gasteiger partial charge < -0.3 is 15.6 Å². The first-order chi connectivity index (χ1) is 5.57. The number of carboxylic acids is 1. The quantitative estimate of drug-likeness (QED) is 0.615. The van der Waals surface area contributed by atoms with Crippen LogP contribution in [0, 0.1) is 5.92 Å². The maximum Gasteiger partial charge on any atom is 0.332 e. The van der Waals surface area contributed by atoms with Crippen molar-refractivity contribution in [3.8, 4) is 0 Å². The maximum absolute atomic E-state index is 10.5. The summed E-state index contributed by atoms with van der Waals surface area (Å²) in [7, 11) is 0. The van der Waals surface area contributed by atoms with Gasteiger partial charge in [-0.15, -0.1) is 0 Å². The molecule has 0 aliphatic rings. The van der Waals surface area contributed by atoms with Gasteiger partial charge in [-0.2, -0.15) is 0 Å². The fraction of sp³-hybridized carbons (Fsp3) is 0.875. The van der Waals surface area contributed by atoms with Crippen LogP contribution in [0.2, 0.25) is 0 Å². The van der Waals surface area contributed by atoms with Gasteiger partial charge in [-0.05, 0) is 18.9 Å². The molecule has 0 fully saturated rings. The van der Waals surface area contributed by atoms with Crippen LogP contribution in [0.25, 0.3) is 0 Å². The molecule has 0 saturated carbocycles. The van der Waals surface area contributed by atoms with Crippen molar-refractivity contribution >= 4 is 5.97 Å². The van der Waals surface area contributed by atoms with Gasteiger partial charge in [0.05, 0.1) is 6.61 Å². The van der Waals surface area contributed by atoms with E-state index in [9.17, 15) is 4.79 Å². The van der Waals surface area contributed by atoms with Crippen molar-refractivity contribution < 1.29 is 14.6 Å². The lowest BCUT2D eigenvalue weighted by Crippen LogP contribution is -2.28. The summed E-state index contributed by atoms with van der Waals surface area (Å²) in [6.07, 6.45) is -0.361. The molecule has 1 atom stereocenters. The summed E-state index contributed by atoms with van der Waals surface area (Å²) < 4.78 is 5.13. The molecule has 0 spiro atoms. The molecule has 12 heavy (non-hydrogen) atoms. The summed E-state index contributed by atoms with van der Waals surface area (Å²) in [6, 6.07) is 0. The van der Waals surface area contributed by atoms with Gasteiger partial charge in [0.15, 0.2) is 6.10 Å². The molecule has 0 aliphatic carbocycles. The summed E-state index contributed by atoms with van der Waals surface area (Å²) in [5, 5.41) is 8.64. The van der Waals surface area contributed by atoms with Crippen LogP contribution in [0.15, 0.2) is 0 Å². The number of aliphatic carboxylic acids is 1. The molecule has 0 amide bonds. The molecule has 3 N–H and O–H groups in total. The van der Waals surface area contributed by atoms with Crippen molar-refractivity contribution in [2.45, 2.75) is 26.4 Å². The monoisotopic (exact) mass is 175 g/mol. The fourth-order valence-corrected chi connectivity index (χ4v) is 0.738. The van der Waals surface area contributed by atoms with E-state index in [1.54, 1.807) is 0 Å². The van der Waals surface area contributed by atoms with Crippen LogP contribution in [-0.4, -0.2) is 30.3 Å². The highest BCUT2D eigenvalue weighted by atomic mass is 16.5. The smallest absolute Gasteiger partial charge is 0.332 e. The third-order valence-electron chi connectivity index (χ3n) is 1.34. The van der Waals surface area contributed by atoms with Gasteiger partial charge in [0, 0.05) is 0 Å². The fourth-order valence-electron chi connectivity index (χ4n) is 0.738. The van der Waals surface area contributed by atoms with Gasteiger partial charge >= 0.3 is 5.97 Å². The SMILES string of the molecule is CC(C)COC(CCN)C(=O)O. The zero-order valence-electron chi connectivity index (χ0n) is 7.62. The molecule has 4 nitrogen and oxygen atoms in total. The van der Waals surface area contributed by atoms with Crippen LogP contribution in [0.4, 0.5) is 0 Å². The zero-order valence-corrected chi connectivity index (χ0v) is 7.62. The van der Waals surface area contributed by atoms with E-state index in [4.69, 9.17) is 15.6 Å². The third kappa shape index (κ3) is 5.09. The summed E-state index contributed by atoms with van der Waals surface area (Å²) in [5.41, 5.74) is 5.23. The second-order valence-electron chi connectivity index (χ2n) is 3.13. The molecule has 72 valence electrons. The number of carboxylic acid groups (broad SMARTS) is 1. The lowest BCUT2D eigenvalue weighted by Gasteiger charge is -2.13. The Bertz CT molecular complexity index is 136. The van der Waals surface area contributed by atoms with Crippen LogP contribution in [0.1, 0.15) is 20.3 Å². The molecule has 0 rings (SSSR count). The minimum absolute atomic E-state index is 0.342. The Morgan fingerprint density at radius 2 is 2.17 bits per heavy atom. The number of hydrogen-bond donors (Lipinski definition) is 2. The van der Waals surface area contributed by atoms with E-state index >= 15 is 0 Å². The van der Waals surface area contributed by atoms with E-state index in [2.05, 4.69) is 0 Å². The normalized spacial score (nSPS) is 13.3. The molecule has 0 aromatic carbocycles. The molecule has 0 bridgehead atoms. The Hall–Kier alpha value is -0.610. The molecular formula is C8H17NO3. The van der Waals surface area contributed by atoms with Crippen molar-refractivity contribution in [2.75, 3.05) is 13.2 Å². The number of rotatable bonds is 6. The van der Waals surface area contributed by atoms with Gasteiger partial charge in [0.25, 0.3) is 0 Å². The standard InChI is InChI=1S/C8H17NO3/c1-6(2)5-12-7(3-4-9)8(10)11/h6-7H,3-5,9H2,1-2H3,(H,10,11).